The molecule has 110 valence electrons. The Balaban J connectivity index is 2.04. The molecule has 4 nitrogen and oxygen atoms in total. The summed E-state index contributed by atoms with van der Waals surface area (Å²) in [5.74, 6) is -0.122. The monoisotopic (exact) mass is 347 g/mol. The molecule has 0 bridgehead atoms. The summed E-state index contributed by atoms with van der Waals surface area (Å²) in [6, 6.07) is 9.89. The smallest absolute Gasteiger partial charge is 0.253 e. The van der Waals surface area contributed by atoms with Crippen molar-refractivity contribution < 1.29 is 4.79 Å². The first-order chi connectivity index (χ1) is 10.1. The second kappa shape index (κ2) is 7.33. The van der Waals surface area contributed by atoms with Crippen molar-refractivity contribution in [1.29, 1.82) is 0 Å². The molecule has 0 atom stereocenters. The SMILES string of the molecule is CN(C)Cc1ccccc1CNC(=O)c1cncc(Br)c1. The van der Waals surface area contributed by atoms with Crippen LogP contribution in [0.25, 0.3) is 0 Å². The first kappa shape index (κ1) is 15.7. The van der Waals surface area contributed by atoms with Crippen molar-refractivity contribution in [2.75, 3.05) is 14.1 Å². The highest BCUT2D eigenvalue weighted by atomic mass is 79.9. The minimum Gasteiger partial charge on any atom is -0.348 e. The molecule has 1 amide bonds. The minimum atomic E-state index is -0.122. The highest BCUT2D eigenvalue weighted by Gasteiger charge is 2.08. The van der Waals surface area contributed by atoms with Gasteiger partial charge in [0.05, 0.1) is 5.56 Å². The zero-order chi connectivity index (χ0) is 15.2. The Morgan fingerprint density at radius 1 is 1.24 bits per heavy atom. The molecular weight excluding hydrogens is 330 g/mol. The van der Waals surface area contributed by atoms with Crippen LogP contribution in [0.4, 0.5) is 0 Å². The summed E-state index contributed by atoms with van der Waals surface area (Å²) in [5.41, 5.74) is 2.90. The maximum Gasteiger partial charge on any atom is 0.253 e. The lowest BCUT2D eigenvalue weighted by atomic mass is 10.1. The Morgan fingerprint density at radius 3 is 2.62 bits per heavy atom. The van der Waals surface area contributed by atoms with Gasteiger partial charge in [0, 0.05) is 30.0 Å². The molecule has 5 heteroatoms. The summed E-state index contributed by atoms with van der Waals surface area (Å²) in [5, 5.41) is 2.94. The molecule has 0 aliphatic heterocycles. The molecule has 0 fully saturated rings. The van der Waals surface area contributed by atoms with Crippen LogP contribution in [0.5, 0.6) is 0 Å². The maximum absolute atomic E-state index is 12.1. The van der Waals surface area contributed by atoms with Crippen LogP contribution in [0.15, 0.2) is 47.2 Å². The van der Waals surface area contributed by atoms with E-state index in [-0.39, 0.29) is 5.91 Å². The molecule has 1 aromatic heterocycles. The Hall–Kier alpha value is -1.72. The van der Waals surface area contributed by atoms with Gasteiger partial charge in [-0.15, -0.1) is 0 Å². The number of nitrogens with zero attached hydrogens (tertiary/aromatic N) is 2. The summed E-state index contributed by atoms with van der Waals surface area (Å²) in [6.07, 6.45) is 3.22. The molecule has 1 heterocycles. The van der Waals surface area contributed by atoms with Gasteiger partial charge in [0.2, 0.25) is 0 Å². The Labute approximate surface area is 133 Å². The second-order valence-electron chi connectivity index (χ2n) is 5.08. The standard InChI is InChI=1S/C16H18BrN3O/c1-20(2)11-13-6-4-3-5-12(13)9-19-16(21)14-7-15(17)10-18-8-14/h3-8,10H,9,11H2,1-2H3,(H,19,21). The predicted octanol–water partition coefficient (Wildman–Crippen LogP) is 2.84. The number of rotatable bonds is 5. The molecule has 21 heavy (non-hydrogen) atoms. The molecule has 0 unspecified atom stereocenters. The summed E-state index contributed by atoms with van der Waals surface area (Å²) < 4.78 is 0.795. The molecule has 0 aliphatic carbocycles. The minimum absolute atomic E-state index is 0.122. The fraction of sp³-hybridized carbons (Fsp3) is 0.250. The van der Waals surface area contributed by atoms with Crippen molar-refractivity contribution in [3.05, 3.63) is 63.9 Å². The van der Waals surface area contributed by atoms with Gasteiger partial charge < -0.3 is 10.2 Å². The zero-order valence-corrected chi connectivity index (χ0v) is 13.7. The van der Waals surface area contributed by atoms with E-state index in [1.54, 1.807) is 18.5 Å². The van der Waals surface area contributed by atoms with Crippen molar-refractivity contribution in [1.82, 2.24) is 15.2 Å². The predicted molar refractivity (Wildman–Crippen MR) is 86.9 cm³/mol. The number of halogens is 1. The van der Waals surface area contributed by atoms with Gasteiger partial charge >= 0.3 is 0 Å². The highest BCUT2D eigenvalue weighted by Crippen LogP contribution is 2.12. The van der Waals surface area contributed by atoms with Gasteiger partial charge in [-0.05, 0) is 47.2 Å². The van der Waals surface area contributed by atoms with Gasteiger partial charge in [0.15, 0.2) is 0 Å². The van der Waals surface area contributed by atoms with E-state index in [4.69, 9.17) is 0 Å². The largest absolute Gasteiger partial charge is 0.348 e. The van der Waals surface area contributed by atoms with E-state index in [2.05, 4.69) is 37.2 Å². The average Bonchev–Trinajstić information content (AvgIpc) is 2.45. The van der Waals surface area contributed by atoms with Crippen LogP contribution in [0, 0.1) is 0 Å². The average molecular weight is 348 g/mol. The van der Waals surface area contributed by atoms with E-state index in [9.17, 15) is 4.79 Å². The Bertz CT molecular complexity index is 628. The molecule has 0 spiro atoms. The lowest BCUT2D eigenvalue weighted by molar-refractivity contribution is 0.0950. The number of benzene rings is 1. The van der Waals surface area contributed by atoms with Gasteiger partial charge in [0.1, 0.15) is 0 Å². The van der Waals surface area contributed by atoms with Gasteiger partial charge in [-0.25, -0.2) is 0 Å². The van der Waals surface area contributed by atoms with Crippen LogP contribution in [0.3, 0.4) is 0 Å². The lowest BCUT2D eigenvalue weighted by Crippen LogP contribution is -2.24. The summed E-state index contributed by atoms with van der Waals surface area (Å²) >= 11 is 3.32. The van der Waals surface area contributed by atoms with Gasteiger partial charge in [-0.2, -0.15) is 0 Å². The first-order valence-electron chi connectivity index (χ1n) is 6.66. The van der Waals surface area contributed by atoms with Crippen LogP contribution < -0.4 is 5.32 Å². The molecule has 2 rings (SSSR count). The molecule has 0 radical (unpaired) electrons. The van der Waals surface area contributed by atoms with Gasteiger partial charge in [-0.3, -0.25) is 9.78 Å². The maximum atomic E-state index is 12.1. The normalized spacial score (nSPS) is 10.7. The Morgan fingerprint density at radius 2 is 1.95 bits per heavy atom. The fourth-order valence-electron chi connectivity index (χ4n) is 2.04. The number of hydrogen-bond donors (Lipinski definition) is 1. The second-order valence-corrected chi connectivity index (χ2v) is 6.00. The molecule has 0 saturated carbocycles. The number of aromatic nitrogens is 1. The number of carbonyl (C=O) groups is 1. The fourth-order valence-corrected chi connectivity index (χ4v) is 2.40. The van der Waals surface area contributed by atoms with Crippen LogP contribution in [0.1, 0.15) is 21.5 Å². The van der Waals surface area contributed by atoms with Crippen LogP contribution in [-0.2, 0) is 13.1 Å². The van der Waals surface area contributed by atoms with Crippen molar-refractivity contribution in [3.8, 4) is 0 Å². The third-order valence-electron chi connectivity index (χ3n) is 3.01. The van der Waals surface area contributed by atoms with Crippen LogP contribution in [-0.4, -0.2) is 29.9 Å². The summed E-state index contributed by atoms with van der Waals surface area (Å²) in [4.78, 5) is 18.2. The third-order valence-corrected chi connectivity index (χ3v) is 3.45. The third kappa shape index (κ3) is 4.65. The molecule has 1 aromatic carbocycles. The van der Waals surface area contributed by atoms with E-state index in [0.717, 1.165) is 16.6 Å². The highest BCUT2D eigenvalue weighted by molar-refractivity contribution is 9.10. The van der Waals surface area contributed by atoms with E-state index in [1.165, 1.54) is 5.56 Å². The van der Waals surface area contributed by atoms with Gasteiger partial charge in [-0.1, -0.05) is 24.3 Å². The van der Waals surface area contributed by atoms with Crippen LogP contribution >= 0.6 is 15.9 Å². The number of nitrogens with one attached hydrogen (secondary N) is 1. The molecule has 0 saturated heterocycles. The number of hydrogen-bond acceptors (Lipinski definition) is 3. The van der Waals surface area contributed by atoms with E-state index >= 15 is 0 Å². The van der Waals surface area contributed by atoms with E-state index in [1.807, 2.05) is 32.3 Å². The molecule has 0 aliphatic rings. The van der Waals surface area contributed by atoms with Crippen LogP contribution in [0.2, 0.25) is 0 Å². The quantitative estimate of drug-likeness (QED) is 0.904. The molecular formula is C16H18BrN3O. The topological polar surface area (TPSA) is 45.2 Å². The first-order valence-corrected chi connectivity index (χ1v) is 7.46. The molecule has 1 N–H and O–H groups in total. The molecule has 2 aromatic rings. The van der Waals surface area contributed by atoms with Crippen molar-refractivity contribution in [2.24, 2.45) is 0 Å². The van der Waals surface area contributed by atoms with E-state index < -0.39 is 0 Å². The summed E-state index contributed by atoms with van der Waals surface area (Å²) in [6.45, 7) is 1.36. The van der Waals surface area contributed by atoms with Crippen molar-refractivity contribution in [2.45, 2.75) is 13.1 Å². The number of pyridine rings is 1. The van der Waals surface area contributed by atoms with E-state index in [0.29, 0.717) is 12.1 Å². The van der Waals surface area contributed by atoms with Crippen molar-refractivity contribution in [3.63, 3.8) is 0 Å². The number of carbonyl (C=O) groups excluding carboxylic acids is 1. The van der Waals surface area contributed by atoms with Gasteiger partial charge in [0.25, 0.3) is 5.91 Å². The number of amides is 1. The lowest BCUT2D eigenvalue weighted by Gasteiger charge is -2.14. The Kier molecular flexibility index (Phi) is 5.47. The summed E-state index contributed by atoms with van der Waals surface area (Å²) in [7, 11) is 4.06. The zero-order valence-electron chi connectivity index (χ0n) is 12.1. The van der Waals surface area contributed by atoms with Crippen molar-refractivity contribution >= 4 is 21.8 Å².